The molecule has 2 N–H and O–H groups in total. The van der Waals surface area contributed by atoms with Gasteiger partial charge in [0, 0.05) is 31.0 Å². The number of aliphatic hydroxyl groups excluding tert-OH is 2. The SMILES string of the molecule is COc1ncc(C(O)CCO)cn1. The summed E-state index contributed by atoms with van der Waals surface area (Å²) < 4.78 is 4.76. The maximum atomic E-state index is 9.40. The van der Waals surface area contributed by atoms with E-state index < -0.39 is 6.10 Å². The summed E-state index contributed by atoms with van der Waals surface area (Å²) in [5.74, 6) is 0. The molecule has 1 aromatic heterocycles. The zero-order valence-corrected chi connectivity index (χ0v) is 7.34. The van der Waals surface area contributed by atoms with Crippen molar-refractivity contribution in [3.8, 4) is 6.01 Å². The molecule has 5 nitrogen and oxygen atoms in total. The minimum absolute atomic E-state index is 0.0623. The number of ether oxygens (including phenoxy) is 1. The molecule has 13 heavy (non-hydrogen) atoms. The fourth-order valence-electron chi connectivity index (χ4n) is 0.893. The average molecular weight is 184 g/mol. The summed E-state index contributed by atoms with van der Waals surface area (Å²) in [6.07, 6.45) is 2.53. The van der Waals surface area contributed by atoms with E-state index in [-0.39, 0.29) is 19.0 Å². The Morgan fingerprint density at radius 3 is 2.54 bits per heavy atom. The normalized spacial score (nSPS) is 12.5. The van der Waals surface area contributed by atoms with Crippen molar-refractivity contribution < 1.29 is 14.9 Å². The van der Waals surface area contributed by atoms with Gasteiger partial charge in [-0.1, -0.05) is 0 Å². The summed E-state index contributed by atoms with van der Waals surface area (Å²) in [6.45, 7) is -0.0623. The lowest BCUT2D eigenvalue weighted by Crippen LogP contribution is -2.02. The van der Waals surface area contributed by atoms with Gasteiger partial charge in [0.1, 0.15) is 0 Å². The summed E-state index contributed by atoms with van der Waals surface area (Å²) in [7, 11) is 1.47. The van der Waals surface area contributed by atoms with Crippen LogP contribution in [-0.2, 0) is 0 Å². The quantitative estimate of drug-likeness (QED) is 0.683. The molecular weight excluding hydrogens is 172 g/mol. The summed E-state index contributed by atoms with van der Waals surface area (Å²) in [6, 6.07) is 0.264. The van der Waals surface area contributed by atoms with Crippen LogP contribution in [0.3, 0.4) is 0 Å². The number of hydrogen-bond acceptors (Lipinski definition) is 5. The molecule has 0 aromatic carbocycles. The average Bonchev–Trinajstić information content (AvgIpc) is 2.18. The van der Waals surface area contributed by atoms with Crippen molar-refractivity contribution in [1.29, 1.82) is 0 Å². The molecule has 0 aliphatic carbocycles. The van der Waals surface area contributed by atoms with E-state index in [4.69, 9.17) is 9.84 Å². The van der Waals surface area contributed by atoms with Gasteiger partial charge in [-0.25, -0.2) is 9.97 Å². The second kappa shape index (κ2) is 4.74. The number of aromatic nitrogens is 2. The van der Waals surface area contributed by atoms with Crippen molar-refractivity contribution in [1.82, 2.24) is 9.97 Å². The molecule has 0 radical (unpaired) electrons. The van der Waals surface area contributed by atoms with Crippen molar-refractivity contribution in [2.75, 3.05) is 13.7 Å². The highest BCUT2D eigenvalue weighted by Gasteiger charge is 2.07. The van der Waals surface area contributed by atoms with E-state index in [0.717, 1.165) is 0 Å². The molecule has 1 heterocycles. The predicted molar refractivity (Wildman–Crippen MR) is 45.2 cm³/mol. The van der Waals surface area contributed by atoms with Gasteiger partial charge in [-0.05, 0) is 0 Å². The molecule has 0 saturated heterocycles. The monoisotopic (exact) mass is 184 g/mol. The van der Waals surface area contributed by atoms with Gasteiger partial charge in [0.15, 0.2) is 0 Å². The Kier molecular flexibility index (Phi) is 3.60. The number of rotatable bonds is 4. The molecule has 1 atom stereocenters. The largest absolute Gasteiger partial charge is 0.467 e. The molecule has 0 fully saturated rings. The molecule has 5 heteroatoms. The van der Waals surface area contributed by atoms with Crippen LogP contribution in [0.5, 0.6) is 6.01 Å². The van der Waals surface area contributed by atoms with Gasteiger partial charge < -0.3 is 14.9 Å². The van der Waals surface area contributed by atoms with E-state index in [1.807, 2.05) is 0 Å². The van der Waals surface area contributed by atoms with E-state index in [1.165, 1.54) is 19.5 Å². The molecule has 0 spiro atoms. The van der Waals surface area contributed by atoms with Crippen LogP contribution in [0.2, 0.25) is 0 Å². The first-order valence-electron chi connectivity index (χ1n) is 3.92. The first kappa shape index (κ1) is 9.88. The Morgan fingerprint density at radius 1 is 1.46 bits per heavy atom. The Hall–Kier alpha value is -1.20. The van der Waals surface area contributed by atoms with E-state index in [9.17, 15) is 5.11 Å². The van der Waals surface area contributed by atoms with Gasteiger partial charge in [0.2, 0.25) is 0 Å². The van der Waals surface area contributed by atoms with Gasteiger partial charge in [0.05, 0.1) is 13.2 Å². The van der Waals surface area contributed by atoms with Crippen LogP contribution in [0.15, 0.2) is 12.4 Å². The Balaban J connectivity index is 2.67. The lowest BCUT2D eigenvalue weighted by atomic mass is 10.1. The molecule has 1 unspecified atom stereocenters. The van der Waals surface area contributed by atoms with Crippen LogP contribution in [0.25, 0.3) is 0 Å². The molecule has 0 aliphatic rings. The highest BCUT2D eigenvalue weighted by Crippen LogP contribution is 2.14. The van der Waals surface area contributed by atoms with Crippen molar-refractivity contribution in [2.45, 2.75) is 12.5 Å². The van der Waals surface area contributed by atoms with Gasteiger partial charge in [0.25, 0.3) is 0 Å². The number of nitrogens with zero attached hydrogens (tertiary/aromatic N) is 2. The van der Waals surface area contributed by atoms with Crippen LogP contribution in [0.4, 0.5) is 0 Å². The fourth-order valence-corrected chi connectivity index (χ4v) is 0.893. The topological polar surface area (TPSA) is 75.5 Å². The molecule has 1 rings (SSSR count). The summed E-state index contributed by atoms with van der Waals surface area (Å²) in [5.41, 5.74) is 0.579. The first-order valence-corrected chi connectivity index (χ1v) is 3.92. The summed E-state index contributed by atoms with van der Waals surface area (Å²) >= 11 is 0. The highest BCUT2D eigenvalue weighted by atomic mass is 16.5. The standard InChI is InChI=1S/C8H12N2O3/c1-13-8-9-4-6(5-10-8)7(12)2-3-11/h4-5,7,11-12H,2-3H2,1H3. The van der Waals surface area contributed by atoms with Gasteiger partial charge in [-0.2, -0.15) is 0 Å². The lowest BCUT2D eigenvalue weighted by molar-refractivity contribution is 0.133. The highest BCUT2D eigenvalue weighted by molar-refractivity contribution is 5.10. The third kappa shape index (κ3) is 2.64. The maximum absolute atomic E-state index is 9.40. The third-order valence-corrected chi connectivity index (χ3v) is 1.62. The van der Waals surface area contributed by atoms with Crippen LogP contribution in [-0.4, -0.2) is 33.9 Å². The number of methoxy groups -OCH3 is 1. The molecule has 0 aliphatic heterocycles. The van der Waals surface area contributed by atoms with Crippen molar-refractivity contribution in [3.05, 3.63) is 18.0 Å². The van der Waals surface area contributed by atoms with Crippen molar-refractivity contribution in [2.24, 2.45) is 0 Å². The van der Waals surface area contributed by atoms with Crippen LogP contribution >= 0.6 is 0 Å². The van der Waals surface area contributed by atoms with E-state index in [2.05, 4.69) is 9.97 Å². The minimum Gasteiger partial charge on any atom is -0.467 e. The fraction of sp³-hybridized carbons (Fsp3) is 0.500. The lowest BCUT2D eigenvalue weighted by Gasteiger charge is -2.07. The van der Waals surface area contributed by atoms with E-state index >= 15 is 0 Å². The molecule has 0 amide bonds. The second-order valence-corrected chi connectivity index (χ2v) is 2.53. The molecule has 72 valence electrons. The van der Waals surface area contributed by atoms with Crippen molar-refractivity contribution in [3.63, 3.8) is 0 Å². The van der Waals surface area contributed by atoms with Gasteiger partial charge in [-0.15, -0.1) is 0 Å². The molecule has 0 bridgehead atoms. The van der Waals surface area contributed by atoms with E-state index in [0.29, 0.717) is 5.56 Å². The van der Waals surface area contributed by atoms with Crippen LogP contribution < -0.4 is 4.74 Å². The first-order chi connectivity index (χ1) is 6.27. The summed E-state index contributed by atoms with van der Waals surface area (Å²) in [5, 5.41) is 18.0. The second-order valence-electron chi connectivity index (χ2n) is 2.53. The third-order valence-electron chi connectivity index (χ3n) is 1.62. The predicted octanol–water partition coefficient (Wildman–Crippen LogP) is -0.0990. The van der Waals surface area contributed by atoms with Crippen LogP contribution in [0, 0.1) is 0 Å². The van der Waals surface area contributed by atoms with E-state index in [1.54, 1.807) is 0 Å². The number of aliphatic hydroxyl groups is 2. The van der Waals surface area contributed by atoms with Gasteiger partial charge in [-0.3, -0.25) is 0 Å². The zero-order valence-electron chi connectivity index (χ0n) is 7.34. The van der Waals surface area contributed by atoms with Gasteiger partial charge >= 0.3 is 6.01 Å². The Morgan fingerprint density at radius 2 is 2.08 bits per heavy atom. The van der Waals surface area contributed by atoms with Crippen LogP contribution in [0.1, 0.15) is 18.1 Å². The maximum Gasteiger partial charge on any atom is 0.316 e. The molecule has 0 saturated carbocycles. The minimum atomic E-state index is -0.712. The summed E-state index contributed by atoms with van der Waals surface area (Å²) in [4.78, 5) is 7.65. The molecular formula is C8H12N2O3. The smallest absolute Gasteiger partial charge is 0.316 e. The Labute approximate surface area is 76.0 Å². The molecule has 1 aromatic rings. The zero-order chi connectivity index (χ0) is 9.68. The number of hydrogen-bond donors (Lipinski definition) is 2. The van der Waals surface area contributed by atoms with Crippen molar-refractivity contribution >= 4 is 0 Å². The Bertz CT molecular complexity index is 250.